The van der Waals surface area contributed by atoms with E-state index in [0.29, 0.717) is 16.8 Å². The molecule has 0 amide bonds. The molecule has 0 fully saturated rings. The molecule has 3 aromatic heterocycles. The Kier molecular flexibility index (Phi) is 1.85. The number of nitrogens with one attached hydrogen (secondary N) is 1. The number of rotatable bonds is 1. The van der Waals surface area contributed by atoms with Crippen LogP contribution in [-0.4, -0.2) is 29.1 Å². The van der Waals surface area contributed by atoms with Crippen molar-refractivity contribution < 1.29 is 0 Å². The Balaban J connectivity index is 2.23. The normalized spacial score (nSPS) is 11.4. The molecule has 0 atom stereocenters. The van der Waals surface area contributed by atoms with Crippen molar-refractivity contribution in [3.63, 3.8) is 0 Å². The van der Waals surface area contributed by atoms with Crippen LogP contribution in [0.5, 0.6) is 0 Å². The van der Waals surface area contributed by atoms with Crippen LogP contribution in [0.1, 0.15) is 0 Å². The molecule has 0 spiro atoms. The van der Waals surface area contributed by atoms with Crippen LogP contribution >= 0.6 is 0 Å². The van der Waals surface area contributed by atoms with Gasteiger partial charge in [0.1, 0.15) is 18.2 Å². The van der Waals surface area contributed by atoms with E-state index in [-0.39, 0.29) is 5.69 Å². The van der Waals surface area contributed by atoms with Gasteiger partial charge in [0.2, 0.25) is 0 Å². The maximum atomic E-state index is 12.1. The quantitative estimate of drug-likeness (QED) is 0.542. The zero-order chi connectivity index (χ0) is 12.8. The predicted molar refractivity (Wildman–Crippen MR) is 68.2 cm³/mol. The second-order valence-electron chi connectivity index (χ2n) is 4.07. The lowest BCUT2D eigenvalue weighted by molar-refractivity contribution is 0.929. The molecule has 92 valence electrons. The monoisotopic (exact) mass is 252 g/mol. The Morgan fingerprint density at radius 1 is 1.11 bits per heavy atom. The van der Waals surface area contributed by atoms with Crippen LogP contribution in [0.3, 0.4) is 0 Å². The van der Waals surface area contributed by atoms with Crippen molar-refractivity contribution in [2.24, 2.45) is 0 Å². The van der Waals surface area contributed by atoms with E-state index in [0.717, 1.165) is 5.69 Å². The molecule has 19 heavy (non-hydrogen) atoms. The Hall–Kier alpha value is -2.96. The average molecular weight is 252 g/mol. The lowest BCUT2D eigenvalue weighted by Crippen LogP contribution is -2.14. The van der Waals surface area contributed by atoms with E-state index in [9.17, 15) is 4.79 Å². The summed E-state index contributed by atoms with van der Waals surface area (Å²) < 4.78 is 3.08. The first kappa shape index (κ1) is 10.0. The predicted octanol–water partition coefficient (Wildman–Crippen LogP) is 0.757. The molecular formula is C12H8N6O. The van der Waals surface area contributed by atoms with Crippen molar-refractivity contribution in [3.8, 4) is 5.69 Å². The number of para-hydroxylation sites is 1. The lowest BCUT2D eigenvalue weighted by atomic mass is 10.3. The van der Waals surface area contributed by atoms with Crippen molar-refractivity contribution in [1.82, 2.24) is 29.1 Å². The van der Waals surface area contributed by atoms with E-state index >= 15 is 0 Å². The first-order chi connectivity index (χ1) is 9.34. The van der Waals surface area contributed by atoms with Crippen molar-refractivity contribution in [1.29, 1.82) is 0 Å². The van der Waals surface area contributed by atoms with Gasteiger partial charge in [-0.1, -0.05) is 18.2 Å². The van der Waals surface area contributed by atoms with E-state index in [1.54, 1.807) is 4.57 Å². The van der Waals surface area contributed by atoms with E-state index < -0.39 is 0 Å². The molecule has 0 aliphatic rings. The highest BCUT2D eigenvalue weighted by molar-refractivity contribution is 5.86. The fourth-order valence-corrected chi connectivity index (χ4v) is 2.16. The molecule has 0 aliphatic heterocycles. The SMILES string of the molecule is O=c1[nH]c2ncn3ncnc3c2n1-c1ccccc1. The van der Waals surface area contributed by atoms with Gasteiger partial charge in [-0.15, -0.1) is 0 Å². The average Bonchev–Trinajstić information content (AvgIpc) is 3.02. The second-order valence-corrected chi connectivity index (χ2v) is 4.07. The number of hydrogen-bond donors (Lipinski definition) is 1. The highest BCUT2D eigenvalue weighted by Gasteiger charge is 2.14. The Morgan fingerprint density at radius 2 is 1.95 bits per heavy atom. The van der Waals surface area contributed by atoms with E-state index in [2.05, 4.69) is 20.1 Å². The van der Waals surface area contributed by atoms with Gasteiger partial charge in [-0.2, -0.15) is 5.10 Å². The van der Waals surface area contributed by atoms with Crippen LogP contribution < -0.4 is 5.69 Å². The van der Waals surface area contributed by atoms with Gasteiger partial charge < -0.3 is 0 Å². The van der Waals surface area contributed by atoms with Crippen LogP contribution in [0, 0.1) is 0 Å². The van der Waals surface area contributed by atoms with Gasteiger partial charge in [0.15, 0.2) is 11.3 Å². The molecular weight excluding hydrogens is 244 g/mol. The minimum absolute atomic E-state index is 0.246. The molecule has 1 N–H and O–H groups in total. The number of aromatic nitrogens is 6. The number of benzene rings is 1. The topological polar surface area (TPSA) is 80.9 Å². The summed E-state index contributed by atoms with van der Waals surface area (Å²) in [6, 6.07) is 9.35. The molecule has 0 unspecified atom stereocenters. The van der Waals surface area contributed by atoms with Crippen molar-refractivity contribution in [2.45, 2.75) is 0 Å². The molecule has 1 aromatic carbocycles. The molecule has 4 rings (SSSR count). The number of fused-ring (bicyclic) bond motifs is 3. The molecule has 7 heteroatoms. The molecule has 7 nitrogen and oxygen atoms in total. The van der Waals surface area contributed by atoms with E-state index in [4.69, 9.17) is 0 Å². The first-order valence-corrected chi connectivity index (χ1v) is 5.69. The van der Waals surface area contributed by atoms with Crippen molar-refractivity contribution in [3.05, 3.63) is 53.5 Å². The minimum atomic E-state index is -0.246. The van der Waals surface area contributed by atoms with Crippen LogP contribution in [0.25, 0.3) is 22.5 Å². The summed E-state index contributed by atoms with van der Waals surface area (Å²) in [4.78, 5) is 23.2. The highest BCUT2D eigenvalue weighted by atomic mass is 16.1. The zero-order valence-corrected chi connectivity index (χ0v) is 9.69. The molecule has 3 heterocycles. The third-order valence-corrected chi connectivity index (χ3v) is 2.97. The smallest absolute Gasteiger partial charge is 0.290 e. The molecule has 0 saturated heterocycles. The number of hydrogen-bond acceptors (Lipinski definition) is 4. The maximum Gasteiger partial charge on any atom is 0.332 e. The Labute approximate surface area is 106 Å². The first-order valence-electron chi connectivity index (χ1n) is 5.69. The van der Waals surface area contributed by atoms with Gasteiger partial charge in [0.05, 0.1) is 5.69 Å². The van der Waals surface area contributed by atoms with Gasteiger partial charge in [-0.3, -0.25) is 9.55 Å². The highest BCUT2D eigenvalue weighted by Crippen LogP contribution is 2.16. The fourth-order valence-electron chi connectivity index (χ4n) is 2.16. The summed E-state index contributed by atoms with van der Waals surface area (Å²) in [6.07, 6.45) is 2.96. The van der Waals surface area contributed by atoms with Gasteiger partial charge in [0.25, 0.3) is 0 Å². The molecule has 0 bridgehead atoms. The number of H-pyrrole nitrogens is 1. The molecule has 0 radical (unpaired) electrons. The van der Waals surface area contributed by atoms with Gasteiger partial charge in [0, 0.05) is 0 Å². The summed E-state index contributed by atoms with van der Waals surface area (Å²) in [5, 5.41) is 4.03. The largest absolute Gasteiger partial charge is 0.332 e. The third kappa shape index (κ3) is 1.32. The Bertz CT molecular complexity index is 933. The molecule has 0 aliphatic carbocycles. The maximum absolute atomic E-state index is 12.1. The van der Waals surface area contributed by atoms with E-state index in [1.165, 1.54) is 17.2 Å². The summed E-state index contributed by atoms with van der Waals surface area (Å²) in [5.74, 6) is 0. The standard InChI is InChI=1S/C12H8N6O/c19-12-16-10-9(11-13-6-15-17(11)7-14-10)18(12)8-4-2-1-3-5-8/h1-7H,(H,16,19). The van der Waals surface area contributed by atoms with Crippen LogP contribution in [0.4, 0.5) is 0 Å². The van der Waals surface area contributed by atoms with Gasteiger partial charge in [-0.05, 0) is 12.1 Å². The van der Waals surface area contributed by atoms with Gasteiger partial charge >= 0.3 is 5.69 Å². The lowest BCUT2D eigenvalue weighted by Gasteiger charge is -2.02. The number of imidazole rings is 1. The summed E-state index contributed by atoms with van der Waals surface area (Å²) >= 11 is 0. The van der Waals surface area contributed by atoms with Crippen LogP contribution in [0.15, 0.2) is 47.8 Å². The fraction of sp³-hybridized carbons (Fsp3) is 0. The summed E-state index contributed by atoms with van der Waals surface area (Å²) in [5.41, 5.74) is 2.22. The number of nitrogens with zero attached hydrogens (tertiary/aromatic N) is 5. The molecule has 4 aromatic rings. The van der Waals surface area contributed by atoms with Crippen LogP contribution in [-0.2, 0) is 0 Å². The van der Waals surface area contributed by atoms with Crippen molar-refractivity contribution in [2.75, 3.05) is 0 Å². The van der Waals surface area contributed by atoms with Gasteiger partial charge in [-0.25, -0.2) is 19.3 Å². The third-order valence-electron chi connectivity index (χ3n) is 2.97. The summed E-state index contributed by atoms with van der Waals surface area (Å²) in [6.45, 7) is 0. The second kappa shape index (κ2) is 3.52. The summed E-state index contributed by atoms with van der Waals surface area (Å²) in [7, 11) is 0. The van der Waals surface area contributed by atoms with Crippen LogP contribution in [0.2, 0.25) is 0 Å². The zero-order valence-electron chi connectivity index (χ0n) is 9.69. The Morgan fingerprint density at radius 3 is 2.79 bits per heavy atom. The van der Waals surface area contributed by atoms with E-state index in [1.807, 2.05) is 30.3 Å². The molecule has 0 saturated carbocycles. The number of aromatic amines is 1. The van der Waals surface area contributed by atoms with Crippen molar-refractivity contribution >= 4 is 16.8 Å². The minimum Gasteiger partial charge on any atom is -0.290 e.